The number of carbonyl (C=O) groups excluding carboxylic acids is 1. The molecule has 0 atom stereocenters. The van der Waals surface area contributed by atoms with Crippen LogP contribution in [0, 0.1) is 0 Å². The van der Waals surface area contributed by atoms with Crippen LogP contribution in [-0.4, -0.2) is 10.9 Å². The number of amides is 1. The summed E-state index contributed by atoms with van der Waals surface area (Å²) in [7, 11) is 0. The summed E-state index contributed by atoms with van der Waals surface area (Å²) in [5.74, 6) is -0.197. The molecule has 2 rings (SSSR count). The van der Waals surface area contributed by atoms with E-state index in [0.29, 0.717) is 10.7 Å². The average molecular weight is 289 g/mol. The van der Waals surface area contributed by atoms with Crippen molar-refractivity contribution in [1.82, 2.24) is 4.98 Å². The van der Waals surface area contributed by atoms with Gasteiger partial charge in [0, 0.05) is 11.9 Å². The third-order valence-corrected chi connectivity index (χ3v) is 3.22. The lowest BCUT2D eigenvalue weighted by atomic mass is 9.87. The molecule has 0 fully saturated rings. The first-order valence-corrected chi connectivity index (χ1v) is 6.77. The summed E-state index contributed by atoms with van der Waals surface area (Å²) in [6, 6.07) is 11.1. The lowest BCUT2D eigenvalue weighted by Crippen LogP contribution is -2.13. The molecule has 104 valence electrons. The van der Waals surface area contributed by atoms with Crippen molar-refractivity contribution in [2.45, 2.75) is 26.2 Å². The second-order valence-corrected chi connectivity index (χ2v) is 6.04. The summed E-state index contributed by atoms with van der Waals surface area (Å²) < 4.78 is 0. The van der Waals surface area contributed by atoms with Crippen LogP contribution in [0.15, 0.2) is 42.6 Å². The van der Waals surface area contributed by atoms with Gasteiger partial charge in [0.05, 0.1) is 5.56 Å². The average Bonchev–Trinajstić information content (AvgIpc) is 2.39. The molecule has 0 aliphatic rings. The van der Waals surface area contributed by atoms with E-state index in [-0.39, 0.29) is 11.3 Å². The van der Waals surface area contributed by atoms with Gasteiger partial charge in [-0.1, -0.05) is 44.5 Å². The fraction of sp³-hybridized carbons (Fsp3) is 0.250. The highest BCUT2D eigenvalue weighted by Crippen LogP contribution is 2.23. The normalized spacial score (nSPS) is 11.2. The second kappa shape index (κ2) is 5.63. The Hall–Kier alpha value is -1.87. The number of benzene rings is 1. The summed E-state index contributed by atoms with van der Waals surface area (Å²) in [6.07, 6.45) is 1.46. The molecule has 1 heterocycles. The van der Waals surface area contributed by atoms with Gasteiger partial charge in [0.2, 0.25) is 0 Å². The van der Waals surface area contributed by atoms with Crippen LogP contribution in [0.1, 0.15) is 36.7 Å². The predicted octanol–water partition coefficient (Wildman–Crippen LogP) is 4.28. The van der Waals surface area contributed by atoms with Crippen molar-refractivity contribution >= 4 is 23.2 Å². The van der Waals surface area contributed by atoms with Gasteiger partial charge >= 0.3 is 0 Å². The van der Waals surface area contributed by atoms with E-state index in [1.807, 2.05) is 24.3 Å². The van der Waals surface area contributed by atoms with Gasteiger partial charge < -0.3 is 5.32 Å². The molecule has 1 aromatic carbocycles. The molecule has 4 heteroatoms. The third-order valence-electron chi connectivity index (χ3n) is 3.00. The molecule has 0 aliphatic carbocycles. The maximum atomic E-state index is 12.0. The number of halogens is 1. The minimum Gasteiger partial charge on any atom is -0.322 e. The molecule has 1 aromatic heterocycles. The van der Waals surface area contributed by atoms with Gasteiger partial charge in [-0.05, 0) is 35.2 Å². The summed E-state index contributed by atoms with van der Waals surface area (Å²) in [6.45, 7) is 6.46. The number of hydrogen-bond acceptors (Lipinski definition) is 2. The van der Waals surface area contributed by atoms with Crippen LogP contribution in [0.3, 0.4) is 0 Å². The van der Waals surface area contributed by atoms with Crippen molar-refractivity contribution in [2.24, 2.45) is 0 Å². The molecular formula is C16H17ClN2O. The Morgan fingerprint density at radius 2 is 1.75 bits per heavy atom. The number of carbonyl (C=O) groups is 1. The van der Waals surface area contributed by atoms with Crippen molar-refractivity contribution < 1.29 is 4.79 Å². The Kier molecular flexibility index (Phi) is 4.09. The number of anilines is 1. The lowest BCUT2D eigenvalue weighted by molar-refractivity contribution is 0.102. The zero-order valence-electron chi connectivity index (χ0n) is 11.8. The van der Waals surface area contributed by atoms with Gasteiger partial charge in [-0.15, -0.1) is 0 Å². The summed E-state index contributed by atoms with van der Waals surface area (Å²) in [5.41, 5.74) is 2.57. The maximum Gasteiger partial charge on any atom is 0.257 e. The Labute approximate surface area is 124 Å². The van der Waals surface area contributed by atoms with E-state index in [0.717, 1.165) is 5.69 Å². The van der Waals surface area contributed by atoms with Crippen molar-refractivity contribution in [3.63, 3.8) is 0 Å². The topological polar surface area (TPSA) is 42.0 Å². The van der Waals surface area contributed by atoms with Crippen LogP contribution in [0.4, 0.5) is 5.69 Å². The second-order valence-electron chi connectivity index (χ2n) is 5.65. The maximum absolute atomic E-state index is 12.0. The number of rotatable bonds is 2. The van der Waals surface area contributed by atoms with E-state index in [2.05, 4.69) is 31.1 Å². The van der Waals surface area contributed by atoms with Crippen LogP contribution < -0.4 is 5.32 Å². The van der Waals surface area contributed by atoms with E-state index in [1.165, 1.54) is 11.8 Å². The number of hydrogen-bond donors (Lipinski definition) is 1. The lowest BCUT2D eigenvalue weighted by Gasteiger charge is -2.19. The number of nitrogens with one attached hydrogen (secondary N) is 1. The standard InChI is InChI=1S/C16H17ClN2O/c1-16(2,3)12-5-7-13(8-6-12)19-15(20)11-4-9-14(17)18-10-11/h4-10H,1-3H3,(H,19,20). The van der Waals surface area contributed by atoms with Gasteiger partial charge in [-0.25, -0.2) is 4.98 Å². The SMILES string of the molecule is CC(C)(C)c1ccc(NC(=O)c2ccc(Cl)nc2)cc1. The highest BCUT2D eigenvalue weighted by molar-refractivity contribution is 6.29. The number of aromatic nitrogens is 1. The van der Waals surface area contributed by atoms with Crippen LogP contribution >= 0.6 is 11.6 Å². The molecule has 3 nitrogen and oxygen atoms in total. The molecular weight excluding hydrogens is 272 g/mol. The van der Waals surface area contributed by atoms with Crippen molar-refractivity contribution in [3.05, 3.63) is 58.9 Å². The predicted molar refractivity (Wildman–Crippen MR) is 82.3 cm³/mol. The quantitative estimate of drug-likeness (QED) is 0.838. The minimum atomic E-state index is -0.197. The van der Waals surface area contributed by atoms with Crippen LogP contribution in [0.5, 0.6) is 0 Å². The molecule has 0 radical (unpaired) electrons. The molecule has 1 N–H and O–H groups in total. The number of nitrogens with zero attached hydrogens (tertiary/aromatic N) is 1. The molecule has 0 spiro atoms. The van der Waals surface area contributed by atoms with E-state index in [9.17, 15) is 4.79 Å². The van der Waals surface area contributed by atoms with E-state index in [4.69, 9.17) is 11.6 Å². The first kappa shape index (κ1) is 14.5. The van der Waals surface area contributed by atoms with Gasteiger partial charge in [-0.2, -0.15) is 0 Å². The van der Waals surface area contributed by atoms with Gasteiger partial charge in [0.1, 0.15) is 5.15 Å². The fourth-order valence-electron chi connectivity index (χ4n) is 1.77. The van der Waals surface area contributed by atoms with Gasteiger partial charge in [0.15, 0.2) is 0 Å². The van der Waals surface area contributed by atoms with Gasteiger partial charge in [-0.3, -0.25) is 4.79 Å². The molecule has 0 saturated heterocycles. The first-order valence-electron chi connectivity index (χ1n) is 6.40. The van der Waals surface area contributed by atoms with Crippen molar-refractivity contribution in [2.75, 3.05) is 5.32 Å². The van der Waals surface area contributed by atoms with Crippen LogP contribution in [0.2, 0.25) is 5.15 Å². The molecule has 0 aliphatic heterocycles. The van der Waals surface area contributed by atoms with Gasteiger partial charge in [0.25, 0.3) is 5.91 Å². The molecule has 1 amide bonds. The largest absolute Gasteiger partial charge is 0.322 e. The highest BCUT2D eigenvalue weighted by atomic mass is 35.5. The molecule has 20 heavy (non-hydrogen) atoms. The Balaban J connectivity index is 2.10. The van der Waals surface area contributed by atoms with E-state index in [1.54, 1.807) is 12.1 Å². The highest BCUT2D eigenvalue weighted by Gasteiger charge is 2.13. The van der Waals surface area contributed by atoms with E-state index < -0.39 is 0 Å². The Morgan fingerprint density at radius 3 is 2.25 bits per heavy atom. The Bertz CT molecular complexity index is 598. The van der Waals surface area contributed by atoms with Crippen LogP contribution in [-0.2, 0) is 5.41 Å². The van der Waals surface area contributed by atoms with Crippen molar-refractivity contribution in [1.29, 1.82) is 0 Å². The smallest absolute Gasteiger partial charge is 0.257 e. The molecule has 0 saturated carbocycles. The van der Waals surface area contributed by atoms with E-state index >= 15 is 0 Å². The monoisotopic (exact) mass is 288 g/mol. The fourth-order valence-corrected chi connectivity index (χ4v) is 1.88. The molecule has 0 bridgehead atoms. The minimum absolute atomic E-state index is 0.0998. The third kappa shape index (κ3) is 3.58. The number of pyridine rings is 1. The summed E-state index contributed by atoms with van der Waals surface area (Å²) in [4.78, 5) is 15.9. The molecule has 2 aromatic rings. The zero-order chi connectivity index (χ0) is 14.8. The zero-order valence-corrected chi connectivity index (χ0v) is 12.5. The van der Waals surface area contributed by atoms with Crippen molar-refractivity contribution in [3.8, 4) is 0 Å². The molecule has 0 unspecified atom stereocenters. The summed E-state index contributed by atoms with van der Waals surface area (Å²) in [5, 5.41) is 3.21. The summed E-state index contributed by atoms with van der Waals surface area (Å²) >= 11 is 5.69. The van der Waals surface area contributed by atoms with Crippen LogP contribution in [0.25, 0.3) is 0 Å². The first-order chi connectivity index (χ1) is 9.36. The Morgan fingerprint density at radius 1 is 1.10 bits per heavy atom.